The highest BCUT2D eigenvalue weighted by atomic mass is 32.5. The molecule has 0 aliphatic carbocycles. The largest absolute Gasteiger partial charge is 0.465 e. The van der Waals surface area contributed by atoms with E-state index in [0.29, 0.717) is 10.6 Å². The standard InChI is InChI=1S/C18H23F5N2O5S/c1-2-29-18(27)14-16(31(19,20,21,22)23)15(17(26)24-8-10-28-11-9-24)30-25(14)12-13-6-4-3-5-7-13/h3-7,14-16H,2,8-12H2,1H3/t14-,15-,16-/m0/s1. The number of hydrogen-bond donors (Lipinski definition) is 0. The number of benzene rings is 1. The minimum absolute atomic E-state index is 0.0502. The zero-order chi connectivity index (χ0) is 22.9. The van der Waals surface area contributed by atoms with Crippen molar-refractivity contribution in [3.8, 4) is 0 Å². The normalized spacial score (nSPS) is 27.4. The van der Waals surface area contributed by atoms with E-state index in [-0.39, 0.29) is 32.9 Å². The van der Waals surface area contributed by atoms with Crippen LogP contribution in [-0.2, 0) is 30.4 Å². The number of esters is 1. The Morgan fingerprint density at radius 1 is 1.10 bits per heavy atom. The van der Waals surface area contributed by atoms with Crippen molar-refractivity contribution in [2.75, 3.05) is 32.9 Å². The summed E-state index contributed by atoms with van der Waals surface area (Å²) in [5.74, 6) is -2.81. The van der Waals surface area contributed by atoms with E-state index in [1.54, 1.807) is 18.2 Å². The first-order valence-corrected chi connectivity index (χ1v) is 11.6. The van der Waals surface area contributed by atoms with Crippen LogP contribution in [0.5, 0.6) is 0 Å². The smallest absolute Gasteiger partial charge is 0.327 e. The molecule has 1 aromatic carbocycles. The molecule has 7 nitrogen and oxygen atoms in total. The highest BCUT2D eigenvalue weighted by molar-refractivity contribution is 8.46. The summed E-state index contributed by atoms with van der Waals surface area (Å²) in [6.07, 6.45) is -2.62. The Morgan fingerprint density at radius 2 is 1.71 bits per heavy atom. The average molecular weight is 474 g/mol. The maximum Gasteiger partial charge on any atom is 0.327 e. The topological polar surface area (TPSA) is 68.3 Å². The molecular weight excluding hydrogens is 451 g/mol. The van der Waals surface area contributed by atoms with Gasteiger partial charge in [0.2, 0.25) is 0 Å². The molecule has 1 amide bonds. The maximum absolute atomic E-state index is 14.2. The summed E-state index contributed by atoms with van der Waals surface area (Å²) >= 11 is 0. The molecule has 0 spiro atoms. The molecule has 0 unspecified atom stereocenters. The van der Waals surface area contributed by atoms with E-state index in [1.165, 1.54) is 19.1 Å². The lowest BCUT2D eigenvalue weighted by Gasteiger charge is -2.48. The number of morpholine rings is 1. The van der Waals surface area contributed by atoms with Crippen LogP contribution in [0.2, 0.25) is 0 Å². The molecule has 3 atom stereocenters. The molecule has 176 valence electrons. The van der Waals surface area contributed by atoms with Crippen LogP contribution >= 0.6 is 10.2 Å². The molecule has 2 saturated heterocycles. The molecule has 2 fully saturated rings. The second kappa shape index (κ2) is 7.87. The zero-order valence-corrected chi connectivity index (χ0v) is 17.4. The zero-order valence-electron chi connectivity index (χ0n) is 16.6. The van der Waals surface area contributed by atoms with Gasteiger partial charge in [0.25, 0.3) is 16.1 Å². The van der Waals surface area contributed by atoms with Crippen LogP contribution in [0.15, 0.2) is 30.3 Å². The summed E-state index contributed by atoms with van der Waals surface area (Å²) in [5.41, 5.74) is 0.400. The summed E-state index contributed by atoms with van der Waals surface area (Å²) in [7, 11) is -10.4. The van der Waals surface area contributed by atoms with Gasteiger partial charge in [0.15, 0.2) is 17.4 Å². The van der Waals surface area contributed by atoms with Crippen LogP contribution < -0.4 is 0 Å². The van der Waals surface area contributed by atoms with Crippen LogP contribution in [0.3, 0.4) is 0 Å². The number of carbonyl (C=O) groups is 2. The number of nitrogens with zero attached hydrogens (tertiary/aromatic N) is 2. The number of hydroxylamine groups is 2. The number of halogens is 5. The Bertz CT molecular complexity index is 820. The Balaban J connectivity index is 2.03. The van der Waals surface area contributed by atoms with Gasteiger partial charge in [-0.25, -0.2) is 0 Å². The number of ether oxygens (including phenoxy) is 2. The Labute approximate surface area is 175 Å². The van der Waals surface area contributed by atoms with Gasteiger partial charge in [0, 0.05) is 13.1 Å². The van der Waals surface area contributed by atoms with E-state index in [2.05, 4.69) is 4.74 Å². The van der Waals surface area contributed by atoms with Gasteiger partial charge in [-0.15, -0.1) is 0 Å². The number of hydrogen-bond acceptors (Lipinski definition) is 6. The fourth-order valence-corrected chi connectivity index (χ4v) is 4.97. The van der Waals surface area contributed by atoms with Gasteiger partial charge in [-0.05, 0) is 12.5 Å². The van der Waals surface area contributed by atoms with E-state index in [4.69, 9.17) is 9.57 Å². The highest BCUT2D eigenvalue weighted by Crippen LogP contribution is 3.01. The van der Waals surface area contributed by atoms with Crippen LogP contribution in [0.1, 0.15) is 12.5 Å². The Hall–Kier alpha value is -1.96. The monoisotopic (exact) mass is 474 g/mol. The van der Waals surface area contributed by atoms with Crippen molar-refractivity contribution in [1.82, 2.24) is 9.96 Å². The van der Waals surface area contributed by atoms with E-state index in [9.17, 15) is 29.0 Å². The molecule has 2 heterocycles. The first-order valence-electron chi connectivity index (χ1n) is 9.55. The van der Waals surface area contributed by atoms with Crippen LogP contribution in [0, 0.1) is 0 Å². The van der Waals surface area contributed by atoms with E-state index >= 15 is 0 Å². The third kappa shape index (κ3) is 5.45. The first kappa shape index (κ1) is 23.7. The molecule has 0 radical (unpaired) electrons. The summed E-state index contributed by atoms with van der Waals surface area (Å²) in [4.78, 5) is 31.4. The first-order chi connectivity index (χ1) is 14.3. The SMILES string of the molecule is CCOC(=O)[C@@H]1[C@H](S(F)(F)(F)(F)F)[C@@H](C(=O)N2CCOCC2)ON1Cc1ccccc1. The second-order valence-corrected chi connectivity index (χ2v) is 9.82. The molecule has 2 aliphatic rings. The van der Waals surface area contributed by atoms with E-state index in [1.807, 2.05) is 0 Å². The van der Waals surface area contributed by atoms with Crippen LogP contribution in [0.4, 0.5) is 19.4 Å². The van der Waals surface area contributed by atoms with Crippen molar-refractivity contribution in [3.63, 3.8) is 0 Å². The molecule has 3 rings (SSSR count). The average Bonchev–Trinajstić information content (AvgIpc) is 3.08. The lowest BCUT2D eigenvalue weighted by atomic mass is 10.1. The van der Waals surface area contributed by atoms with E-state index in [0.717, 1.165) is 4.90 Å². The highest BCUT2D eigenvalue weighted by Gasteiger charge is 2.80. The molecule has 0 saturated carbocycles. The predicted molar refractivity (Wildman–Crippen MR) is 102 cm³/mol. The van der Waals surface area contributed by atoms with Gasteiger partial charge in [0.1, 0.15) is 0 Å². The van der Waals surface area contributed by atoms with Crippen LogP contribution in [0.25, 0.3) is 0 Å². The van der Waals surface area contributed by atoms with Crippen molar-refractivity contribution >= 4 is 22.1 Å². The van der Waals surface area contributed by atoms with Crippen LogP contribution in [-0.4, -0.2) is 72.1 Å². The minimum atomic E-state index is -10.4. The molecular formula is C18H23F5N2O5S. The van der Waals surface area contributed by atoms with Gasteiger partial charge >= 0.3 is 5.97 Å². The number of carbonyl (C=O) groups excluding carboxylic acids is 2. The summed E-state index contributed by atoms with van der Waals surface area (Å²) in [6, 6.07) is 5.34. The molecule has 0 aromatic heterocycles. The third-order valence-electron chi connectivity index (χ3n) is 4.96. The van der Waals surface area contributed by atoms with Crippen molar-refractivity contribution in [1.29, 1.82) is 0 Å². The summed E-state index contributed by atoms with van der Waals surface area (Å²) in [5, 5.41) is -3.17. The van der Waals surface area contributed by atoms with Crippen molar-refractivity contribution in [2.24, 2.45) is 0 Å². The lowest BCUT2D eigenvalue weighted by Crippen LogP contribution is -2.54. The quantitative estimate of drug-likeness (QED) is 0.466. The molecule has 2 aliphatic heterocycles. The van der Waals surface area contributed by atoms with Crippen molar-refractivity contribution in [2.45, 2.75) is 30.9 Å². The second-order valence-electron chi connectivity index (χ2n) is 7.21. The minimum Gasteiger partial charge on any atom is -0.465 e. The molecule has 0 bridgehead atoms. The molecule has 1 aromatic rings. The Morgan fingerprint density at radius 3 is 2.26 bits per heavy atom. The van der Waals surface area contributed by atoms with Gasteiger partial charge in [-0.1, -0.05) is 49.8 Å². The molecule has 0 N–H and O–H groups in total. The number of amides is 1. The molecule has 13 heteroatoms. The fourth-order valence-electron chi connectivity index (χ4n) is 3.61. The van der Waals surface area contributed by atoms with Gasteiger partial charge in [-0.2, -0.15) is 5.06 Å². The maximum atomic E-state index is 14.2. The van der Waals surface area contributed by atoms with E-state index < -0.39 is 46.0 Å². The number of rotatable bonds is 6. The van der Waals surface area contributed by atoms with Crippen molar-refractivity contribution < 1.29 is 43.3 Å². The fraction of sp³-hybridized carbons (Fsp3) is 0.556. The van der Waals surface area contributed by atoms with Gasteiger partial charge in [-0.3, -0.25) is 14.4 Å². The summed E-state index contributed by atoms with van der Waals surface area (Å²) in [6.45, 7) is 0.525. The Kier molecular flexibility index (Phi) is 6.02. The predicted octanol–water partition coefficient (Wildman–Crippen LogP) is 3.26. The lowest BCUT2D eigenvalue weighted by molar-refractivity contribution is -0.194. The van der Waals surface area contributed by atoms with Gasteiger partial charge in [0.05, 0.1) is 26.4 Å². The molecule has 31 heavy (non-hydrogen) atoms. The van der Waals surface area contributed by atoms with Gasteiger partial charge < -0.3 is 14.4 Å². The van der Waals surface area contributed by atoms with Crippen molar-refractivity contribution in [3.05, 3.63) is 35.9 Å². The summed E-state index contributed by atoms with van der Waals surface area (Å²) < 4.78 is 80.5. The third-order valence-corrected chi connectivity index (χ3v) is 6.49.